The Hall–Kier alpha value is -6.89. The minimum absolute atomic E-state index is 0.167. The molecule has 4 amide bonds. The highest BCUT2D eigenvalue weighted by molar-refractivity contribution is 7.51. The first-order valence-electron chi connectivity index (χ1n) is 27.0. The van der Waals surface area contributed by atoms with Crippen LogP contribution in [0, 0.1) is 17.8 Å². The van der Waals surface area contributed by atoms with Crippen molar-refractivity contribution < 1.29 is 124 Å². The molecule has 0 fully saturated rings. The largest absolute Gasteiger partial charge is 0.480 e. The minimum atomic E-state index is -6.02. The first-order chi connectivity index (χ1) is 41.8. The van der Waals surface area contributed by atoms with Gasteiger partial charge in [0.1, 0.15) is 18.2 Å². The van der Waals surface area contributed by atoms with E-state index < -0.39 is 182 Å². The van der Waals surface area contributed by atoms with E-state index in [1.807, 2.05) is 10.6 Å². The van der Waals surface area contributed by atoms with E-state index in [0.29, 0.717) is 5.56 Å². The van der Waals surface area contributed by atoms with Gasteiger partial charge < -0.3 is 75.9 Å². The van der Waals surface area contributed by atoms with Crippen LogP contribution in [0.3, 0.4) is 0 Å². The number of ketones is 3. The molecule has 0 saturated heterocycles. The lowest BCUT2D eigenvalue weighted by Gasteiger charge is -2.37. The fourth-order valence-corrected chi connectivity index (χ4v) is 11.1. The van der Waals surface area contributed by atoms with Crippen molar-refractivity contribution >= 4 is 84.0 Å². The molecule has 0 aromatic heterocycles. The molecular formula is C54H70N6O26P4. The van der Waals surface area contributed by atoms with Gasteiger partial charge in [-0.05, 0) is 30.2 Å². The fourth-order valence-electron chi connectivity index (χ4n) is 8.92. The summed E-state index contributed by atoms with van der Waals surface area (Å²) in [4.78, 5) is 204. The van der Waals surface area contributed by atoms with Gasteiger partial charge in [-0.1, -0.05) is 149 Å². The van der Waals surface area contributed by atoms with Gasteiger partial charge in [-0.25, -0.2) is 23.3 Å². The van der Waals surface area contributed by atoms with Crippen LogP contribution >= 0.6 is 31.1 Å². The molecule has 0 aliphatic heterocycles. The van der Waals surface area contributed by atoms with E-state index in [2.05, 4.69) is 25.8 Å². The van der Waals surface area contributed by atoms with Crippen molar-refractivity contribution in [3.8, 4) is 0 Å². The maximum Gasteiger partial charge on any atom is 0.470 e. The summed E-state index contributed by atoms with van der Waals surface area (Å²) >= 11 is 0. The second-order valence-electron chi connectivity index (χ2n) is 20.9. The van der Waals surface area contributed by atoms with Crippen LogP contribution in [0.15, 0.2) is 121 Å². The predicted octanol–water partition coefficient (Wildman–Crippen LogP) is 0.832. The Balaban J connectivity index is 1.86. The third kappa shape index (κ3) is 25.4. The van der Waals surface area contributed by atoms with Crippen LogP contribution in [0.2, 0.25) is 0 Å². The summed E-state index contributed by atoms with van der Waals surface area (Å²) in [5.41, 5.74) is -0.261. The third-order valence-corrected chi connectivity index (χ3v) is 15.7. The highest BCUT2D eigenvalue weighted by Gasteiger charge is 2.47. The molecule has 0 heterocycles. The Kier molecular flexibility index (Phi) is 28.5. The zero-order valence-corrected chi connectivity index (χ0v) is 51.9. The van der Waals surface area contributed by atoms with Crippen LogP contribution in [0.1, 0.15) is 70.8 Å². The standard InChI is InChI=1S/C54H70N6O26P4/c1-30(2)37(49(64)59-43(46(62)34-21-13-7-14-22-34)51(66)56-38(53(68)69)28-84-88(75,76)77)27-55-36(25-32-17-9-5-10-18-32)26-40(85-89(78,79)80)48(86-90(81,82)83)42(45(61)33-19-11-6-12-20-33)58-41(31(3)4)50(65)60-44(47(63)35-23-15-8-16-24-35)52(67)57-39(54(70)71)29-87(72,73)74/h5-24,30-31,36-44,48,55,58H,25-29H2,1-4H3,(H,56,66)(H,57,67)(H,59,64)(H,60,65)(H,68,69)(H,70,71)(H2,72,73,74)(H2,75,76,77)(H2,78,79,80)(H2,81,82,83). The van der Waals surface area contributed by atoms with E-state index >= 15 is 4.79 Å². The van der Waals surface area contributed by atoms with Gasteiger partial charge in [0, 0.05) is 29.3 Å². The van der Waals surface area contributed by atoms with E-state index in [1.54, 1.807) is 30.3 Å². The van der Waals surface area contributed by atoms with Crippen LogP contribution in [-0.4, -0.2) is 176 Å². The van der Waals surface area contributed by atoms with Gasteiger partial charge in [0.15, 0.2) is 35.5 Å². The van der Waals surface area contributed by atoms with Gasteiger partial charge >= 0.3 is 43.0 Å². The van der Waals surface area contributed by atoms with Gasteiger partial charge in [-0.2, -0.15) is 0 Å². The summed E-state index contributed by atoms with van der Waals surface area (Å²) in [6.07, 6.45) is -7.53. The summed E-state index contributed by atoms with van der Waals surface area (Å²) in [6.45, 7) is 3.92. The zero-order valence-electron chi connectivity index (χ0n) is 48.3. The Morgan fingerprint density at radius 1 is 0.478 bits per heavy atom. The van der Waals surface area contributed by atoms with Crippen LogP contribution in [-0.2, 0) is 67.0 Å². The number of carbonyl (C=O) groups excluding carboxylic acids is 7. The van der Waals surface area contributed by atoms with Gasteiger partial charge in [-0.3, -0.25) is 57.0 Å². The summed E-state index contributed by atoms with van der Waals surface area (Å²) in [5, 5.41) is 33.4. The maximum absolute atomic E-state index is 15.0. The van der Waals surface area contributed by atoms with E-state index in [9.17, 15) is 106 Å². The van der Waals surface area contributed by atoms with Gasteiger partial charge in [0.05, 0.1) is 30.8 Å². The van der Waals surface area contributed by atoms with Crippen molar-refractivity contribution in [1.82, 2.24) is 31.9 Å². The monoisotopic (exact) mass is 1340 g/mol. The summed E-state index contributed by atoms with van der Waals surface area (Å²) < 4.78 is 64.5. The normalized spacial score (nSPS) is 15.5. The summed E-state index contributed by atoms with van der Waals surface area (Å²) in [5.74, 6) is -16.0. The van der Waals surface area contributed by atoms with Gasteiger partial charge in [0.25, 0.3) is 11.8 Å². The quantitative estimate of drug-likeness (QED) is 0.0168. The number of phosphoric acid groups is 3. The molecule has 0 radical (unpaired) electrons. The lowest BCUT2D eigenvalue weighted by Crippen LogP contribution is -2.63. The summed E-state index contributed by atoms with van der Waals surface area (Å²) in [6, 6.07) is 13.2. The lowest BCUT2D eigenvalue weighted by atomic mass is 9.89. The average Bonchev–Trinajstić information content (AvgIpc) is 0.881. The second-order valence-corrected chi connectivity index (χ2v) is 26.3. The highest BCUT2D eigenvalue weighted by atomic mass is 31.2. The van der Waals surface area contributed by atoms with Crippen molar-refractivity contribution in [3.63, 3.8) is 0 Å². The van der Waals surface area contributed by atoms with Crippen LogP contribution in [0.5, 0.6) is 0 Å². The zero-order chi connectivity index (χ0) is 67.5. The van der Waals surface area contributed by atoms with Crippen molar-refractivity contribution in [1.29, 1.82) is 0 Å². The number of aliphatic carboxylic acids is 2. The third-order valence-electron chi connectivity index (χ3n) is 13.3. The number of benzene rings is 4. The number of Topliss-reactive ketones (excluding diaryl/α,β-unsaturated/α-hetero) is 3. The maximum atomic E-state index is 15.0. The van der Waals surface area contributed by atoms with Crippen LogP contribution in [0.25, 0.3) is 0 Å². The Morgan fingerprint density at radius 3 is 1.30 bits per heavy atom. The van der Waals surface area contributed by atoms with Crippen molar-refractivity contribution in [2.45, 2.75) is 95.0 Å². The predicted molar refractivity (Wildman–Crippen MR) is 314 cm³/mol. The number of carbonyl (C=O) groups is 9. The molecule has 90 heavy (non-hydrogen) atoms. The van der Waals surface area contributed by atoms with E-state index in [1.165, 1.54) is 119 Å². The SMILES string of the molecule is CC(C)C(CNC(Cc1ccccc1)CC(OP(=O)(O)O)C(OP(=O)(O)O)C(NC(C(=O)NC(C(=O)NC(CP(=O)(O)O)C(=O)O)C(=O)c1ccccc1)C(C)C)C(=O)c1ccccc1)C(=O)NC(C(=O)NC(COP(=O)(O)O)C(=O)O)C(=O)c1ccccc1. The second kappa shape index (κ2) is 34.0. The number of carboxylic acid groups (broad SMARTS) is 2. The Labute approximate surface area is 514 Å². The van der Waals surface area contributed by atoms with E-state index in [-0.39, 0.29) is 23.1 Å². The lowest BCUT2D eigenvalue weighted by molar-refractivity contribution is -0.143. The minimum Gasteiger partial charge on any atom is -0.480 e. The number of carboxylic acids is 2. The first-order valence-corrected chi connectivity index (χ1v) is 33.4. The van der Waals surface area contributed by atoms with Crippen LogP contribution in [0.4, 0.5) is 0 Å². The molecular weight excluding hydrogens is 1270 g/mol. The molecule has 4 aromatic carbocycles. The highest BCUT2D eigenvalue weighted by Crippen LogP contribution is 2.45. The number of hydrogen-bond donors (Lipinski definition) is 16. The molecule has 0 aliphatic rings. The molecule has 32 nitrogen and oxygen atoms in total. The molecule has 492 valence electrons. The molecule has 10 atom stereocenters. The molecule has 4 rings (SSSR count). The average molecular weight is 1340 g/mol. The molecule has 4 aromatic rings. The van der Waals surface area contributed by atoms with Gasteiger partial charge in [-0.15, -0.1) is 0 Å². The molecule has 16 N–H and O–H groups in total. The number of amides is 4. The molecule has 0 aliphatic carbocycles. The van der Waals surface area contributed by atoms with Crippen molar-refractivity contribution in [3.05, 3.63) is 144 Å². The molecule has 0 bridgehead atoms. The summed E-state index contributed by atoms with van der Waals surface area (Å²) in [7, 11) is -22.4. The Morgan fingerprint density at radius 2 is 0.900 bits per heavy atom. The molecule has 10 unspecified atom stereocenters. The molecule has 36 heteroatoms. The fraction of sp³-hybridized carbons (Fsp3) is 0.389. The molecule has 0 saturated carbocycles. The van der Waals surface area contributed by atoms with Crippen molar-refractivity contribution in [2.75, 3.05) is 19.3 Å². The topological polar surface area (TPSA) is 524 Å². The van der Waals surface area contributed by atoms with E-state index in [4.69, 9.17) is 9.05 Å². The first kappa shape index (κ1) is 75.6. The smallest absolute Gasteiger partial charge is 0.470 e. The van der Waals surface area contributed by atoms with Crippen molar-refractivity contribution in [2.24, 2.45) is 17.8 Å². The number of rotatable bonds is 38. The number of phosphoric ester groups is 3. The number of nitrogens with one attached hydrogen (secondary N) is 6. The molecule has 0 spiro atoms. The number of hydrogen-bond acceptors (Lipinski definition) is 18. The van der Waals surface area contributed by atoms with Crippen LogP contribution < -0.4 is 31.9 Å². The van der Waals surface area contributed by atoms with Gasteiger partial charge in [0.2, 0.25) is 11.8 Å². The van der Waals surface area contributed by atoms with E-state index in [0.717, 1.165) is 0 Å². The Bertz CT molecular complexity index is 3330.